The summed E-state index contributed by atoms with van der Waals surface area (Å²) >= 11 is 0. The van der Waals surface area contributed by atoms with Gasteiger partial charge in [0.1, 0.15) is 0 Å². The van der Waals surface area contributed by atoms with Crippen molar-refractivity contribution in [1.82, 2.24) is 10.2 Å². The Hall–Kier alpha value is -1.32. The van der Waals surface area contributed by atoms with Gasteiger partial charge in [-0.05, 0) is 25.3 Å². The molecule has 15 heavy (non-hydrogen) atoms. The van der Waals surface area contributed by atoms with Gasteiger partial charge in [-0.25, -0.2) is 0 Å². The first-order valence-corrected chi connectivity index (χ1v) is 5.42. The summed E-state index contributed by atoms with van der Waals surface area (Å²) in [6.07, 6.45) is 4.71. The third-order valence-electron chi connectivity index (χ3n) is 2.51. The fraction of sp³-hybridized carbons (Fsp3) is 0.636. The second-order valence-corrected chi connectivity index (χ2v) is 3.69. The van der Waals surface area contributed by atoms with Crippen molar-refractivity contribution in [2.24, 2.45) is 0 Å². The van der Waals surface area contributed by atoms with Gasteiger partial charge in [0.25, 0.3) is 0 Å². The molecule has 0 aromatic carbocycles. The first-order valence-electron chi connectivity index (χ1n) is 5.42. The molecule has 0 unspecified atom stereocenters. The maximum atomic E-state index is 11.6. The Morgan fingerprint density at radius 3 is 2.60 bits per heavy atom. The number of hydrogen-bond donors (Lipinski definition) is 1. The van der Waals surface area contributed by atoms with Crippen LogP contribution in [-0.4, -0.2) is 36.3 Å². The van der Waals surface area contributed by atoms with Gasteiger partial charge in [0, 0.05) is 26.1 Å². The molecule has 0 atom stereocenters. The Morgan fingerprint density at radius 2 is 2.00 bits per heavy atom. The first kappa shape index (κ1) is 11.8. The largest absolute Gasteiger partial charge is 0.353 e. The van der Waals surface area contributed by atoms with Crippen molar-refractivity contribution >= 4 is 11.8 Å². The van der Waals surface area contributed by atoms with Crippen LogP contribution in [0.1, 0.15) is 25.7 Å². The Kier molecular flexibility index (Phi) is 4.87. The van der Waals surface area contributed by atoms with Crippen LogP contribution in [0.3, 0.4) is 0 Å². The molecule has 0 aromatic rings. The first-order chi connectivity index (χ1) is 7.24. The molecule has 0 bridgehead atoms. The molecule has 4 heteroatoms. The lowest BCUT2D eigenvalue weighted by atomic mass is 10.3. The maximum absolute atomic E-state index is 11.6. The maximum Gasteiger partial charge on any atom is 0.243 e. The summed E-state index contributed by atoms with van der Waals surface area (Å²) in [6.45, 7) is 5.70. The average molecular weight is 210 g/mol. The minimum Gasteiger partial charge on any atom is -0.353 e. The molecule has 1 N–H and O–H groups in total. The van der Waals surface area contributed by atoms with E-state index in [4.69, 9.17) is 0 Å². The van der Waals surface area contributed by atoms with Crippen molar-refractivity contribution in [3.63, 3.8) is 0 Å². The number of likely N-dealkylation sites (tertiary alicyclic amines) is 1. The van der Waals surface area contributed by atoms with Crippen molar-refractivity contribution in [2.45, 2.75) is 25.7 Å². The van der Waals surface area contributed by atoms with Crippen LogP contribution in [0.4, 0.5) is 0 Å². The Bertz CT molecular complexity index is 245. The van der Waals surface area contributed by atoms with Gasteiger partial charge >= 0.3 is 0 Å². The minimum absolute atomic E-state index is 0.177. The molecule has 1 fully saturated rings. The van der Waals surface area contributed by atoms with Crippen molar-refractivity contribution in [3.8, 4) is 0 Å². The van der Waals surface area contributed by atoms with Crippen LogP contribution in [0.25, 0.3) is 0 Å². The lowest BCUT2D eigenvalue weighted by Crippen LogP contribution is -2.29. The quantitative estimate of drug-likeness (QED) is 0.536. The highest BCUT2D eigenvalue weighted by Crippen LogP contribution is 2.09. The minimum atomic E-state index is -0.177. The summed E-state index contributed by atoms with van der Waals surface area (Å²) in [6, 6.07) is 0. The fourth-order valence-electron chi connectivity index (χ4n) is 1.65. The van der Waals surface area contributed by atoms with E-state index in [2.05, 4.69) is 11.9 Å². The molecule has 1 aliphatic heterocycles. The van der Waals surface area contributed by atoms with Crippen LogP contribution >= 0.6 is 0 Å². The molecule has 0 spiro atoms. The van der Waals surface area contributed by atoms with Gasteiger partial charge in [0.15, 0.2) is 0 Å². The third-order valence-corrected chi connectivity index (χ3v) is 2.51. The van der Waals surface area contributed by atoms with Crippen molar-refractivity contribution in [3.05, 3.63) is 12.7 Å². The topological polar surface area (TPSA) is 49.4 Å². The summed E-state index contributed by atoms with van der Waals surface area (Å²) in [7, 11) is 0. The molecular weight excluding hydrogens is 192 g/mol. The molecular formula is C11H18N2O2. The summed E-state index contributed by atoms with van der Waals surface area (Å²) in [5, 5.41) is 2.65. The average Bonchev–Trinajstić information content (AvgIpc) is 2.77. The smallest absolute Gasteiger partial charge is 0.243 e. The number of carbonyl (C=O) groups excluding carboxylic acids is 2. The van der Waals surface area contributed by atoms with E-state index in [1.807, 2.05) is 4.90 Å². The molecule has 2 amide bonds. The predicted octanol–water partition coefficient (Wildman–Crippen LogP) is 0.691. The molecule has 1 saturated heterocycles. The number of hydrogen-bond acceptors (Lipinski definition) is 2. The number of nitrogens with one attached hydrogen (secondary N) is 1. The van der Waals surface area contributed by atoms with Crippen LogP contribution < -0.4 is 5.32 Å². The summed E-state index contributed by atoms with van der Waals surface area (Å²) in [4.78, 5) is 24.2. The number of amides is 2. The van der Waals surface area contributed by atoms with E-state index in [-0.39, 0.29) is 11.8 Å². The number of nitrogens with zero attached hydrogens (tertiary/aromatic N) is 1. The molecule has 4 nitrogen and oxygen atoms in total. The highest BCUT2D eigenvalue weighted by molar-refractivity contribution is 5.86. The SMILES string of the molecule is C=CC(=O)NCCCC(=O)N1CCCC1. The van der Waals surface area contributed by atoms with Crippen LogP contribution in [0.2, 0.25) is 0 Å². The summed E-state index contributed by atoms with van der Waals surface area (Å²) in [5.41, 5.74) is 0. The zero-order chi connectivity index (χ0) is 11.1. The molecule has 84 valence electrons. The van der Waals surface area contributed by atoms with Gasteiger partial charge in [-0.2, -0.15) is 0 Å². The van der Waals surface area contributed by atoms with Crippen molar-refractivity contribution in [1.29, 1.82) is 0 Å². The second-order valence-electron chi connectivity index (χ2n) is 3.69. The van der Waals surface area contributed by atoms with Gasteiger partial charge in [-0.15, -0.1) is 0 Å². The highest BCUT2D eigenvalue weighted by Gasteiger charge is 2.16. The van der Waals surface area contributed by atoms with Crippen LogP contribution in [0.15, 0.2) is 12.7 Å². The molecule has 0 aliphatic carbocycles. The lowest BCUT2D eigenvalue weighted by molar-refractivity contribution is -0.130. The van der Waals surface area contributed by atoms with Crippen molar-refractivity contribution in [2.75, 3.05) is 19.6 Å². The van der Waals surface area contributed by atoms with E-state index in [9.17, 15) is 9.59 Å². The normalized spacial score (nSPS) is 15.1. The number of rotatable bonds is 5. The Morgan fingerprint density at radius 1 is 1.33 bits per heavy atom. The van der Waals surface area contributed by atoms with Crippen LogP contribution in [0.5, 0.6) is 0 Å². The third kappa shape index (κ3) is 4.14. The van der Waals surface area contributed by atoms with Gasteiger partial charge in [-0.3, -0.25) is 9.59 Å². The molecule has 1 rings (SSSR count). The predicted molar refractivity (Wildman–Crippen MR) is 58.3 cm³/mol. The fourth-order valence-corrected chi connectivity index (χ4v) is 1.65. The second kappa shape index (κ2) is 6.22. The zero-order valence-electron chi connectivity index (χ0n) is 9.00. The van der Waals surface area contributed by atoms with E-state index in [1.165, 1.54) is 6.08 Å². The zero-order valence-corrected chi connectivity index (χ0v) is 9.00. The molecule has 0 saturated carbocycles. The van der Waals surface area contributed by atoms with Gasteiger partial charge in [0.05, 0.1) is 0 Å². The lowest BCUT2D eigenvalue weighted by Gasteiger charge is -2.14. The van der Waals surface area contributed by atoms with Crippen LogP contribution in [0, 0.1) is 0 Å². The van der Waals surface area contributed by atoms with E-state index in [1.54, 1.807) is 0 Å². The van der Waals surface area contributed by atoms with E-state index >= 15 is 0 Å². The van der Waals surface area contributed by atoms with E-state index in [0.717, 1.165) is 25.9 Å². The van der Waals surface area contributed by atoms with Gasteiger partial charge < -0.3 is 10.2 Å². The molecule has 1 heterocycles. The standard InChI is InChI=1S/C11H18N2O2/c1-2-10(14)12-7-5-6-11(15)13-8-3-4-9-13/h2H,1,3-9H2,(H,12,14). The summed E-state index contributed by atoms with van der Waals surface area (Å²) in [5.74, 6) is 0.0315. The van der Waals surface area contributed by atoms with E-state index in [0.29, 0.717) is 19.4 Å². The van der Waals surface area contributed by atoms with Crippen LogP contribution in [-0.2, 0) is 9.59 Å². The Labute approximate surface area is 90.3 Å². The summed E-state index contributed by atoms with van der Waals surface area (Å²) < 4.78 is 0. The number of carbonyl (C=O) groups is 2. The van der Waals surface area contributed by atoms with Gasteiger partial charge in [0.2, 0.25) is 11.8 Å². The molecule has 0 aromatic heterocycles. The highest BCUT2D eigenvalue weighted by atomic mass is 16.2. The molecule has 0 radical (unpaired) electrons. The van der Waals surface area contributed by atoms with Gasteiger partial charge in [-0.1, -0.05) is 6.58 Å². The van der Waals surface area contributed by atoms with E-state index < -0.39 is 0 Å². The Balaban J connectivity index is 2.06. The monoisotopic (exact) mass is 210 g/mol. The molecule has 1 aliphatic rings. The van der Waals surface area contributed by atoms with Crippen molar-refractivity contribution < 1.29 is 9.59 Å².